The van der Waals surface area contributed by atoms with Crippen molar-refractivity contribution in [3.05, 3.63) is 23.8 Å². The molecule has 126 valence electrons. The standard InChI is InChI=1S/C17H24N2O4/c1-4-23-17(21)11-19(13-6-7-13)10-16(20)18-14-9-12(2)5-8-15(14)22-3/h5,8-9,13H,4,6-7,10-11H2,1-3H3,(H,18,20). The second-order valence-electron chi connectivity index (χ2n) is 5.69. The van der Waals surface area contributed by atoms with E-state index in [1.54, 1.807) is 14.0 Å². The average Bonchev–Trinajstić information content (AvgIpc) is 3.31. The lowest BCUT2D eigenvalue weighted by molar-refractivity contribution is -0.144. The van der Waals surface area contributed by atoms with Gasteiger partial charge in [-0.25, -0.2) is 0 Å². The van der Waals surface area contributed by atoms with Crippen LogP contribution in [0.1, 0.15) is 25.3 Å². The minimum absolute atomic E-state index is 0.150. The Balaban J connectivity index is 1.96. The van der Waals surface area contributed by atoms with Crippen LogP contribution in [-0.2, 0) is 14.3 Å². The molecule has 0 atom stereocenters. The SMILES string of the molecule is CCOC(=O)CN(CC(=O)Nc1cc(C)ccc1OC)C1CC1. The van der Waals surface area contributed by atoms with Gasteiger partial charge in [0.1, 0.15) is 5.75 Å². The number of carbonyl (C=O) groups is 2. The Morgan fingerprint density at radius 2 is 2.04 bits per heavy atom. The van der Waals surface area contributed by atoms with E-state index in [0.29, 0.717) is 24.1 Å². The minimum atomic E-state index is -0.291. The molecule has 0 aliphatic heterocycles. The molecule has 1 aliphatic carbocycles. The molecule has 0 aromatic heterocycles. The Labute approximate surface area is 136 Å². The highest BCUT2D eigenvalue weighted by Crippen LogP contribution is 2.28. The Kier molecular flexibility index (Phi) is 5.98. The molecule has 1 saturated carbocycles. The fourth-order valence-corrected chi connectivity index (χ4v) is 2.42. The maximum atomic E-state index is 12.3. The van der Waals surface area contributed by atoms with Crippen molar-refractivity contribution >= 4 is 17.6 Å². The highest BCUT2D eigenvalue weighted by atomic mass is 16.5. The van der Waals surface area contributed by atoms with Crippen LogP contribution in [0.25, 0.3) is 0 Å². The second-order valence-corrected chi connectivity index (χ2v) is 5.69. The van der Waals surface area contributed by atoms with Crippen molar-refractivity contribution < 1.29 is 19.1 Å². The molecule has 1 aliphatic rings. The molecule has 0 heterocycles. The van der Waals surface area contributed by atoms with E-state index >= 15 is 0 Å². The van der Waals surface area contributed by atoms with Crippen LogP contribution in [0.4, 0.5) is 5.69 Å². The Hall–Kier alpha value is -2.08. The molecular formula is C17H24N2O4. The summed E-state index contributed by atoms with van der Waals surface area (Å²) in [7, 11) is 1.57. The van der Waals surface area contributed by atoms with E-state index in [1.165, 1.54) is 0 Å². The van der Waals surface area contributed by atoms with Crippen LogP contribution in [0.3, 0.4) is 0 Å². The summed E-state index contributed by atoms with van der Waals surface area (Å²) in [6, 6.07) is 5.90. The monoisotopic (exact) mass is 320 g/mol. The van der Waals surface area contributed by atoms with Gasteiger partial charge >= 0.3 is 5.97 Å². The van der Waals surface area contributed by atoms with Crippen molar-refractivity contribution in [3.63, 3.8) is 0 Å². The van der Waals surface area contributed by atoms with Crippen LogP contribution in [0.5, 0.6) is 5.75 Å². The first-order valence-electron chi connectivity index (χ1n) is 7.87. The molecule has 0 radical (unpaired) electrons. The summed E-state index contributed by atoms with van der Waals surface area (Å²) in [6.45, 7) is 4.39. The lowest BCUT2D eigenvalue weighted by atomic mass is 10.2. The molecule has 1 amide bonds. The molecule has 0 bridgehead atoms. The van der Waals surface area contributed by atoms with Crippen molar-refractivity contribution in [2.75, 3.05) is 32.1 Å². The van der Waals surface area contributed by atoms with E-state index in [1.807, 2.05) is 30.0 Å². The number of rotatable bonds is 8. The van der Waals surface area contributed by atoms with Gasteiger partial charge in [-0.2, -0.15) is 0 Å². The molecule has 1 N–H and O–H groups in total. The molecule has 1 aromatic carbocycles. The van der Waals surface area contributed by atoms with Crippen LogP contribution in [-0.4, -0.2) is 49.6 Å². The molecule has 6 nitrogen and oxygen atoms in total. The molecule has 0 saturated heterocycles. The van der Waals surface area contributed by atoms with Crippen LogP contribution >= 0.6 is 0 Å². The maximum Gasteiger partial charge on any atom is 0.320 e. The van der Waals surface area contributed by atoms with Gasteiger partial charge in [0.2, 0.25) is 5.91 Å². The molecule has 1 fully saturated rings. The largest absolute Gasteiger partial charge is 0.495 e. The predicted octanol–water partition coefficient (Wildman–Crippen LogP) is 1.97. The fourth-order valence-electron chi connectivity index (χ4n) is 2.42. The number of ether oxygens (including phenoxy) is 2. The number of anilines is 1. The Morgan fingerprint density at radius 3 is 2.65 bits per heavy atom. The van der Waals surface area contributed by atoms with Gasteiger partial charge < -0.3 is 14.8 Å². The molecule has 0 unspecified atom stereocenters. The Morgan fingerprint density at radius 1 is 1.30 bits per heavy atom. The zero-order valence-electron chi connectivity index (χ0n) is 13.9. The highest BCUT2D eigenvalue weighted by Gasteiger charge is 2.32. The first-order chi connectivity index (χ1) is 11.0. The highest BCUT2D eigenvalue weighted by molar-refractivity contribution is 5.94. The summed E-state index contributed by atoms with van der Waals surface area (Å²) in [6.07, 6.45) is 2.03. The number of benzene rings is 1. The predicted molar refractivity (Wildman–Crippen MR) is 87.6 cm³/mol. The van der Waals surface area contributed by atoms with Gasteiger partial charge in [0, 0.05) is 6.04 Å². The van der Waals surface area contributed by atoms with Gasteiger partial charge in [-0.05, 0) is 44.4 Å². The lowest BCUT2D eigenvalue weighted by Crippen LogP contribution is -2.39. The topological polar surface area (TPSA) is 67.9 Å². The number of hydrogen-bond acceptors (Lipinski definition) is 5. The molecular weight excluding hydrogens is 296 g/mol. The smallest absolute Gasteiger partial charge is 0.320 e. The molecule has 23 heavy (non-hydrogen) atoms. The van der Waals surface area contributed by atoms with E-state index in [-0.39, 0.29) is 25.0 Å². The number of methoxy groups -OCH3 is 1. The number of hydrogen-bond donors (Lipinski definition) is 1. The number of nitrogens with zero attached hydrogens (tertiary/aromatic N) is 1. The zero-order chi connectivity index (χ0) is 16.8. The van der Waals surface area contributed by atoms with Crippen molar-refractivity contribution in [2.45, 2.75) is 32.7 Å². The summed E-state index contributed by atoms with van der Waals surface area (Å²) in [4.78, 5) is 25.8. The lowest BCUT2D eigenvalue weighted by Gasteiger charge is -2.20. The van der Waals surface area contributed by atoms with Gasteiger partial charge in [-0.15, -0.1) is 0 Å². The van der Waals surface area contributed by atoms with Crippen LogP contribution in [0.2, 0.25) is 0 Å². The van der Waals surface area contributed by atoms with E-state index in [9.17, 15) is 9.59 Å². The van der Waals surface area contributed by atoms with Crippen LogP contribution in [0.15, 0.2) is 18.2 Å². The van der Waals surface area contributed by atoms with E-state index in [4.69, 9.17) is 9.47 Å². The van der Waals surface area contributed by atoms with E-state index in [2.05, 4.69) is 5.32 Å². The van der Waals surface area contributed by atoms with Crippen LogP contribution < -0.4 is 10.1 Å². The summed E-state index contributed by atoms with van der Waals surface area (Å²) in [5.74, 6) is 0.165. The second kappa shape index (κ2) is 7.97. The number of amides is 1. The third-order valence-electron chi connectivity index (χ3n) is 3.68. The average molecular weight is 320 g/mol. The summed E-state index contributed by atoms with van der Waals surface area (Å²) < 4.78 is 10.2. The quantitative estimate of drug-likeness (QED) is 0.742. The van der Waals surface area contributed by atoms with Gasteiger partial charge in [-0.3, -0.25) is 14.5 Å². The van der Waals surface area contributed by atoms with E-state index in [0.717, 1.165) is 18.4 Å². The summed E-state index contributed by atoms with van der Waals surface area (Å²) >= 11 is 0. The third-order valence-corrected chi connectivity index (χ3v) is 3.68. The molecule has 6 heteroatoms. The first-order valence-corrected chi connectivity index (χ1v) is 7.87. The third kappa shape index (κ3) is 5.25. The first kappa shape index (κ1) is 17.3. The molecule has 1 aromatic rings. The minimum Gasteiger partial charge on any atom is -0.495 e. The van der Waals surface area contributed by atoms with Gasteiger partial charge in [0.05, 0.1) is 32.5 Å². The van der Waals surface area contributed by atoms with Gasteiger partial charge in [-0.1, -0.05) is 6.07 Å². The molecule has 2 rings (SSSR count). The van der Waals surface area contributed by atoms with Crippen molar-refractivity contribution in [1.29, 1.82) is 0 Å². The number of carbonyl (C=O) groups excluding carboxylic acids is 2. The zero-order valence-corrected chi connectivity index (χ0v) is 13.9. The van der Waals surface area contributed by atoms with Gasteiger partial charge in [0.25, 0.3) is 0 Å². The summed E-state index contributed by atoms with van der Waals surface area (Å²) in [5.41, 5.74) is 1.68. The normalized spacial score (nSPS) is 13.7. The Bertz CT molecular complexity index is 570. The number of aryl methyl sites for hydroxylation is 1. The molecule has 0 spiro atoms. The maximum absolute atomic E-state index is 12.3. The van der Waals surface area contributed by atoms with Gasteiger partial charge in [0.15, 0.2) is 0 Å². The van der Waals surface area contributed by atoms with Crippen LogP contribution in [0, 0.1) is 6.92 Å². The van der Waals surface area contributed by atoms with Crippen molar-refractivity contribution in [1.82, 2.24) is 4.90 Å². The van der Waals surface area contributed by atoms with E-state index < -0.39 is 0 Å². The number of esters is 1. The van der Waals surface area contributed by atoms with Crippen molar-refractivity contribution in [3.8, 4) is 5.75 Å². The van der Waals surface area contributed by atoms with Crippen molar-refractivity contribution in [2.24, 2.45) is 0 Å². The summed E-state index contributed by atoms with van der Waals surface area (Å²) in [5, 5.41) is 2.86. The number of nitrogens with one attached hydrogen (secondary N) is 1. The fraction of sp³-hybridized carbons (Fsp3) is 0.529.